The lowest BCUT2D eigenvalue weighted by atomic mass is 9.67. The summed E-state index contributed by atoms with van der Waals surface area (Å²) in [6.07, 6.45) is 10.3. The number of carbonyl (C=O) groups excluding carboxylic acids is 1. The molecular formula is C15H27ClN2O. The average molecular weight is 287 g/mol. The van der Waals surface area contributed by atoms with Crippen LogP contribution in [0.3, 0.4) is 0 Å². The predicted octanol–water partition coefficient (Wildman–Crippen LogP) is 2.49. The van der Waals surface area contributed by atoms with Gasteiger partial charge in [-0.3, -0.25) is 4.79 Å². The highest BCUT2D eigenvalue weighted by Crippen LogP contribution is 2.42. The molecule has 1 aliphatic heterocycles. The van der Waals surface area contributed by atoms with Crippen molar-refractivity contribution in [2.45, 2.75) is 57.4 Å². The Labute approximate surface area is 122 Å². The minimum absolute atomic E-state index is 0. The summed E-state index contributed by atoms with van der Waals surface area (Å²) < 4.78 is 0. The maximum Gasteiger partial charge on any atom is 0.223 e. The van der Waals surface area contributed by atoms with Gasteiger partial charge in [0.15, 0.2) is 0 Å². The van der Waals surface area contributed by atoms with Crippen molar-refractivity contribution in [2.24, 2.45) is 17.8 Å². The van der Waals surface area contributed by atoms with E-state index in [0.29, 0.717) is 17.9 Å². The minimum atomic E-state index is 0. The molecule has 4 atom stereocenters. The Morgan fingerprint density at radius 1 is 1.00 bits per heavy atom. The third-order valence-corrected chi connectivity index (χ3v) is 5.32. The Morgan fingerprint density at radius 2 is 1.79 bits per heavy atom. The summed E-state index contributed by atoms with van der Waals surface area (Å²) in [6, 6.07) is 0.390. The second-order valence-corrected chi connectivity index (χ2v) is 6.51. The van der Waals surface area contributed by atoms with E-state index in [2.05, 4.69) is 10.6 Å². The van der Waals surface area contributed by atoms with Crippen molar-refractivity contribution < 1.29 is 4.79 Å². The normalized spacial score (nSPS) is 38.1. The van der Waals surface area contributed by atoms with Crippen LogP contribution in [0, 0.1) is 17.8 Å². The van der Waals surface area contributed by atoms with Gasteiger partial charge in [-0.1, -0.05) is 25.7 Å². The number of carbonyl (C=O) groups is 1. The molecule has 1 saturated heterocycles. The molecule has 3 aliphatic rings. The molecular weight excluding hydrogens is 260 g/mol. The quantitative estimate of drug-likeness (QED) is 0.819. The number of hydrogen-bond donors (Lipinski definition) is 2. The molecule has 110 valence electrons. The Kier molecular flexibility index (Phi) is 5.52. The van der Waals surface area contributed by atoms with Crippen LogP contribution in [-0.2, 0) is 4.79 Å². The molecule has 0 aromatic carbocycles. The van der Waals surface area contributed by atoms with Gasteiger partial charge >= 0.3 is 0 Å². The van der Waals surface area contributed by atoms with Crippen molar-refractivity contribution in [2.75, 3.05) is 13.1 Å². The predicted molar refractivity (Wildman–Crippen MR) is 79.5 cm³/mol. The second kappa shape index (κ2) is 6.94. The third kappa shape index (κ3) is 3.63. The van der Waals surface area contributed by atoms with Gasteiger partial charge in [0.1, 0.15) is 0 Å². The van der Waals surface area contributed by atoms with Crippen molar-refractivity contribution in [3.63, 3.8) is 0 Å². The second-order valence-electron chi connectivity index (χ2n) is 6.51. The van der Waals surface area contributed by atoms with E-state index >= 15 is 0 Å². The van der Waals surface area contributed by atoms with Crippen LogP contribution in [0.5, 0.6) is 0 Å². The minimum Gasteiger partial charge on any atom is -0.352 e. The fourth-order valence-corrected chi connectivity index (χ4v) is 4.21. The molecule has 19 heavy (non-hydrogen) atoms. The number of fused-ring (bicyclic) bond motifs is 1. The van der Waals surface area contributed by atoms with E-state index in [1.54, 1.807) is 0 Å². The fraction of sp³-hybridized carbons (Fsp3) is 0.933. The largest absolute Gasteiger partial charge is 0.352 e. The number of halogens is 1. The Morgan fingerprint density at radius 3 is 2.53 bits per heavy atom. The first-order valence-electron chi connectivity index (χ1n) is 7.84. The van der Waals surface area contributed by atoms with E-state index in [1.807, 2.05) is 0 Å². The van der Waals surface area contributed by atoms with E-state index in [1.165, 1.54) is 32.1 Å². The van der Waals surface area contributed by atoms with E-state index in [0.717, 1.165) is 44.2 Å². The molecule has 3 nitrogen and oxygen atoms in total. The molecule has 0 radical (unpaired) electrons. The molecule has 1 amide bonds. The topological polar surface area (TPSA) is 41.1 Å². The molecule has 3 rings (SSSR count). The number of rotatable bonds is 2. The lowest BCUT2D eigenvalue weighted by molar-refractivity contribution is -0.127. The monoisotopic (exact) mass is 286 g/mol. The summed E-state index contributed by atoms with van der Waals surface area (Å²) in [5.74, 6) is 2.44. The Bertz CT molecular complexity index is 305. The number of amides is 1. The highest BCUT2D eigenvalue weighted by atomic mass is 35.5. The van der Waals surface area contributed by atoms with E-state index in [9.17, 15) is 4.79 Å². The Hall–Kier alpha value is -0.280. The van der Waals surface area contributed by atoms with Crippen LogP contribution in [0.25, 0.3) is 0 Å². The van der Waals surface area contributed by atoms with Crippen LogP contribution in [-0.4, -0.2) is 25.0 Å². The van der Waals surface area contributed by atoms with Crippen LogP contribution < -0.4 is 10.6 Å². The maximum absolute atomic E-state index is 12.3. The molecule has 2 saturated carbocycles. The summed E-state index contributed by atoms with van der Waals surface area (Å²) >= 11 is 0. The van der Waals surface area contributed by atoms with Crippen LogP contribution >= 0.6 is 12.4 Å². The van der Waals surface area contributed by atoms with Gasteiger partial charge < -0.3 is 10.6 Å². The van der Waals surface area contributed by atoms with Gasteiger partial charge in [0.25, 0.3) is 0 Å². The smallest absolute Gasteiger partial charge is 0.223 e. The van der Waals surface area contributed by atoms with E-state index in [-0.39, 0.29) is 12.4 Å². The van der Waals surface area contributed by atoms with Gasteiger partial charge in [0.2, 0.25) is 5.91 Å². The van der Waals surface area contributed by atoms with Gasteiger partial charge in [-0.15, -0.1) is 12.4 Å². The van der Waals surface area contributed by atoms with Crippen LogP contribution in [0.2, 0.25) is 0 Å². The van der Waals surface area contributed by atoms with E-state index < -0.39 is 0 Å². The number of nitrogens with one attached hydrogen (secondary N) is 2. The molecule has 2 aliphatic carbocycles. The van der Waals surface area contributed by atoms with Crippen LogP contribution in [0.4, 0.5) is 0 Å². The first kappa shape index (κ1) is 15.1. The molecule has 0 aromatic heterocycles. The highest BCUT2D eigenvalue weighted by Gasteiger charge is 2.35. The lowest BCUT2D eigenvalue weighted by Crippen LogP contribution is -2.42. The zero-order valence-corrected chi connectivity index (χ0v) is 12.5. The van der Waals surface area contributed by atoms with Gasteiger partial charge in [-0.25, -0.2) is 0 Å². The maximum atomic E-state index is 12.3. The number of hydrogen-bond acceptors (Lipinski definition) is 2. The third-order valence-electron chi connectivity index (χ3n) is 5.32. The summed E-state index contributed by atoms with van der Waals surface area (Å²) in [6.45, 7) is 2.02. The van der Waals surface area contributed by atoms with Crippen molar-refractivity contribution in [3.05, 3.63) is 0 Å². The molecule has 0 spiro atoms. The summed E-state index contributed by atoms with van der Waals surface area (Å²) in [4.78, 5) is 12.3. The molecule has 4 heteroatoms. The van der Waals surface area contributed by atoms with Crippen LogP contribution in [0.15, 0.2) is 0 Å². The van der Waals surface area contributed by atoms with Gasteiger partial charge in [0, 0.05) is 18.5 Å². The van der Waals surface area contributed by atoms with Gasteiger partial charge in [-0.2, -0.15) is 0 Å². The fourth-order valence-electron chi connectivity index (χ4n) is 4.21. The molecule has 2 N–H and O–H groups in total. The van der Waals surface area contributed by atoms with Crippen molar-refractivity contribution in [1.29, 1.82) is 0 Å². The SMILES string of the molecule is Cl.O=C(NC1CCNC1)C1CCC2CCCCC2C1. The lowest BCUT2D eigenvalue weighted by Gasteiger charge is -2.39. The van der Waals surface area contributed by atoms with Crippen molar-refractivity contribution >= 4 is 18.3 Å². The molecule has 1 heterocycles. The first-order chi connectivity index (χ1) is 8.83. The van der Waals surface area contributed by atoms with Gasteiger partial charge in [-0.05, 0) is 44.1 Å². The summed E-state index contributed by atoms with van der Waals surface area (Å²) in [7, 11) is 0. The Balaban J connectivity index is 0.00000133. The zero-order chi connectivity index (χ0) is 12.4. The highest BCUT2D eigenvalue weighted by molar-refractivity contribution is 5.85. The van der Waals surface area contributed by atoms with Crippen LogP contribution in [0.1, 0.15) is 51.4 Å². The van der Waals surface area contributed by atoms with Crippen molar-refractivity contribution in [1.82, 2.24) is 10.6 Å². The summed E-state index contributed by atoms with van der Waals surface area (Å²) in [5, 5.41) is 6.55. The molecule has 3 fully saturated rings. The molecule has 0 aromatic rings. The summed E-state index contributed by atoms with van der Waals surface area (Å²) in [5.41, 5.74) is 0. The van der Waals surface area contributed by atoms with E-state index in [4.69, 9.17) is 0 Å². The standard InChI is InChI=1S/C15H26N2O.ClH/c18-15(17-14-7-8-16-10-14)13-6-5-11-3-1-2-4-12(11)9-13;/h11-14,16H,1-10H2,(H,17,18);1H. The first-order valence-corrected chi connectivity index (χ1v) is 7.84. The molecule has 4 unspecified atom stereocenters. The average Bonchev–Trinajstić information content (AvgIpc) is 2.91. The zero-order valence-electron chi connectivity index (χ0n) is 11.7. The van der Waals surface area contributed by atoms with Crippen molar-refractivity contribution in [3.8, 4) is 0 Å². The van der Waals surface area contributed by atoms with Gasteiger partial charge in [0.05, 0.1) is 0 Å². The molecule has 0 bridgehead atoms.